The van der Waals surface area contributed by atoms with Crippen LogP contribution in [0.25, 0.3) is 11.0 Å². The van der Waals surface area contributed by atoms with E-state index in [0.29, 0.717) is 17.6 Å². The maximum atomic E-state index is 12.7. The molecule has 1 aliphatic heterocycles. The zero-order valence-corrected chi connectivity index (χ0v) is 14.7. The number of morpholine rings is 1. The second-order valence-corrected chi connectivity index (χ2v) is 6.12. The third kappa shape index (κ3) is 3.91. The van der Waals surface area contributed by atoms with Crippen LogP contribution in [-0.4, -0.2) is 67.7 Å². The van der Waals surface area contributed by atoms with Gasteiger partial charge in [0.1, 0.15) is 19.1 Å². The van der Waals surface area contributed by atoms with Crippen molar-refractivity contribution in [2.75, 3.05) is 39.5 Å². The van der Waals surface area contributed by atoms with Crippen LogP contribution in [-0.2, 0) is 16.0 Å². The van der Waals surface area contributed by atoms with E-state index >= 15 is 0 Å². The molecular formula is C17H22BN3O4. The number of rotatable bonds is 5. The van der Waals surface area contributed by atoms with Crippen molar-refractivity contribution in [1.82, 2.24) is 14.5 Å². The van der Waals surface area contributed by atoms with Crippen LogP contribution in [0.1, 0.15) is 17.3 Å². The Balaban J connectivity index is 1.98. The molecule has 1 aliphatic rings. The van der Waals surface area contributed by atoms with Gasteiger partial charge >= 0.3 is 5.97 Å². The van der Waals surface area contributed by atoms with Gasteiger partial charge in [0.05, 0.1) is 25.2 Å². The van der Waals surface area contributed by atoms with Gasteiger partial charge in [-0.2, -0.15) is 0 Å². The fraction of sp³-hybridized carbons (Fsp3) is 0.471. The molecule has 0 N–H and O–H groups in total. The Morgan fingerprint density at radius 2 is 2.12 bits per heavy atom. The zero-order valence-electron chi connectivity index (χ0n) is 14.7. The minimum atomic E-state index is -0.587. The number of ether oxygens (including phenoxy) is 2. The van der Waals surface area contributed by atoms with E-state index in [1.807, 2.05) is 12.4 Å². The highest BCUT2D eigenvalue weighted by molar-refractivity contribution is 6.32. The van der Waals surface area contributed by atoms with E-state index in [1.165, 1.54) is 0 Å². The summed E-state index contributed by atoms with van der Waals surface area (Å²) in [6, 6.07) is 1.78. The van der Waals surface area contributed by atoms with Gasteiger partial charge in [0.15, 0.2) is 0 Å². The molecule has 0 aliphatic carbocycles. The molecule has 0 radical (unpaired) electrons. The Morgan fingerprint density at radius 3 is 2.84 bits per heavy atom. The molecule has 1 saturated heterocycles. The number of pyridine rings is 2. The highest BCUT2D eigenvalue weighted by atomic mass is 16.5. The molecule has 132 valence electrons. The van der Waals surface area contributed by atoms with E-state index in [1.54, 1.807) is 25.4 Å². The van der Waals surface area contributed by atoms with Crippen LogP contribution >= 0.6 is 0 Å². The predicted octanol–water partition coefficient (Wildman–Crippen LogP) is -0.836. The SMILES string of the molecule is Bc1cnc2c(c1)c(=O)c(C(=O)OCC)cn2CCN1CCOCC1. The summed E-state index contributed by atoms with van der Waals surface area (Å²) in [5.41, 5.74) is 1.21. The van der Waals surface area contributed by atoms with Gasteiger partial charge in [-0.25, -0.2) is 9.78 Å². The first kappa shape index (κ1) is 17.6. The van der Waals surface area contributed by atoms with Crippen LogP contribution in [0.15, 0.2) is 23.3 Å². The van der Waals surface area contributed by atoms with Crippen molar-refractivity contribution < 1.29 is 14.3 Å². The fourth-order valence-corrected chi connectivity index (χ4v) is 2.98. The highest BCUT2D eigenvalue weighted by Crippen LogP contribution is 2.10. The van der Waals surface area contributed by atoms with Crippen molar-refractivity contribution in [3.63, 3.8) is 0 Å². The lowest BCUT2D eigenvalue weighted by Gasteiger charge is -2.27. The summed E-state index contributed by atoms with van der Waals surface area (Å²) in [5, 5.41) is 0.451. The second kappa shape index (κ2) is 7.80. The topological polar surface area (TPSA) is 73.7 Å². The first-order valence-electron chi connectivity index (χ1n) is 8.57. The van der Waals surface area contributed by atoms with Gasteiger partial charge in [0.25, 0.3) is 0 Å². The highest BCUT2D eigenvalue weighted by Gasteiger charge is 2.18. The molecule has 2 aromatic rings. The molecule has 3 heterocycles. The fourth-order valence-electron chi connectivity index (χ4n) is 2.98. The molecule has 3 rings (SSSR count). The molecule has 25 heavy (non-hydrogen) atoms. The van der Waals surface area contributed by atoms with Crippen molar-refractivity contribution in [3.8, 4) is 0 Å². The van der Waals surface area contributed by atoms with Crippen LogP contribution in [0.2, 0.25) is 0 Å². The molecule has 0 bridgehead atoms. The van der Waals surface area contributed by atoms with Crippen molar-refractivity contribution in [2.24, 2.45) is 0 Å². The Hall–Kier alpha value is -2.19. The number of carbonyl (C=O) groups excluding carboxylic acids is 1. The smallest absolute Gasteiger partial charge is 0.343 e. The normalized spacial score (nSPS) is 15.4. The Bertz CT molecular complexity index is 830. The molecule has 0 unspecified atom stereocenters. The number of nitrogens with zero attached hydrogens (tertiary/aromatic N) is 3. The molecule has 7 nitrogen and oxygen atoms in total. The maximum Gasteiger partial charge on any atom is 0.343 e. The van der Waals surface area contributed by atoms with Gasteiger partial charge in [-0.1, -0.05) is 11.5 Å². The summed E-state index contributed by atoms with van der Waals surface area (Å²) in [5.74, 6) is -0.587. The van der Waals surface area contributed by atoms with E-state index < -0.39 is 5.97 Å². The lowest BCUT2D eigenvalue weighted by Crippen LogP contribution is -2.38. The van der Waals surface area contributed by atoms with E-state index in [4.69, 9.17) is 9.47 Å². The van der Waals surface area contributed by atoms with Crippen molar-refractivity contribution in [1.29, 1.82) is 0 Å². The monoisotopic (exact) mass is 343 g/mol. The number of aromatic nitrogens is 2. The van der Waals surface area contributed by atoms with Crippen molar-refractivity contribution in [3.05, 3.63) is 34.2 Å². The molecular weight excluding hydrogens is 321 g/mol. The van der Waals surface area contributed by atoms with Gasteiger partial charge in [-0.15, -0.1) is 0 Å². The molecule has 0 saturated carbocycles. The molecule has 2 aromatic heterocycles. The minimum absolute atomic E-state index is 0.0590. The predicted molar refractivity (Wildman–Crippen MR) is 97.4 cm³/mol. The molecule has 0 aromatic carbocycles. The van der Waals surface area contributed by atoms with E-state index in [9.17, 15) is 9.59 Å². The van der Waals surface area contributed by atoms with Crippen LogP contribution in [0, 0.1) is 0 Å². The minimum Gasteiger partial charge on any atom is -0.462 e. The van der Waals surface area contributed by atoms with Crippen LogP contribution < -0.4 is 10.9 Å². The molecule has 1 fully saturated rings. The molecule has 0 spiro atoms. The lowest BCUT2D eigenvalue weighted by atomic mass is 9.97. The zero-order chi connectivity index (χ0) is 17.8. The first-order valence-corrected chi connectivity index (χ1v) is 8.57. The molecule has 8 heteroatoms. The van der Waals surface area contributed by atoms with Gasteiger partial charge in [-0.05, 0) is 6.92 Å². The Morgan fingerprint density at radius 1 is 1.36 bits per heavy atom. The van der Waals surface area contributed by atoms with Crippen LogP contribution in [0.4, 0.5) is 0 Å². The Kier molecular flexibility index (Phi) is 5.50. The van der Waals surface area contributed by atoms with Crippen LogP contribution in [0.3, 0.4) is 0 Å². The van der Waals surface area contributed by atoms with E-state index in [2.05, 4.69) is 9.88 Å². The Labute approximate surface area is 147 Å². The van der Waals surface area contributed by atoms with Crippen molar-refractivity contribution in [2.45, 2.75) is 13.5 Å². The van der Waals surface area contributed by atoms with Gasteiger partial charge in [-0.3, -0.25) is 9.69 Å². The summed E-state index contributed by atoms with van der Waals surface area (Å²) in [6.45, 7) is 6.63. The van der Waals surface area contributed by atoms with Gasteiger partial charge in [0.2, 0.25) is 5.43 Å². The number of esters is 1. The summed E-state index contributed by atoms with van der Waals surface area (Å²) in [7, 11) is 1.88. The second-order valence-electron chi connectivity index (χ2n) is 6.12. The number of hydrogen-bond donors (Lipinski definition) is 0. The first-order chi connectivity index (χ1) is 12.1. The largest absolute Gasteiger partial charge is 0.462 e. The maximum absolute atomic E-state index is 12.7. The summed E-state index contributed by atoms with van der Waals surface area (Å²) < 4.78 is 12.3. The molecule has 0 atom stereocenters. The van der Waals surface area contributed by atoms with E-state index in [-0.39, 0.29) is 17.6 Å². The summed E-state index contributed by atoms with van der Waals surface area (Å²) in [6.07, 6.45) is 3.31. The third-order valence-corrected chi connectivity index (χ3v) is 4.31. The van der Waals surface area contributed by atoms with Crippen LogP contribution in [0.5, 0.6) is 0 Å². The van der Waals surface area contributed by atoms with Gasteiger partial charge in [0, 0.05) is 38.6 Å². The van der Waals surface area contributed by atoms with E-state index in [0.717, 1.165) is 38.3 Å². The lowest BCUT2D eigenvalue weighted by molar-refractivity contribution is 0.0365. The number of hydrogen-bond acceptors (Lipinski definition) is 6. The standard InChI is InChI=1S/C17H22BN3O4/c1-2-25-17(23)14-11-21(4-3-20-5-7-24-8-6-20)16-13(15(14)22)9-12(18)10-19-16/h9-11H,2-8,18H2,1H3. The summed E-state index contributed by atoms with van der Waals surface area (Å²) >= 11 is 0. The third-order valence-electron chi connectivity index (χ3n) is 4.31. The number of fused-ring (bicyclic) bond motifs is 1. The summed E-state index contributed by atoms with van der Waals surface area (Å²) in [4.78, 5) is 31.6. The average Bonchev–Trinajstić information content (AvgIpc) is 2.62. The van der Waals surface area contributed by atoms with Crippen molar-refractivity contribution >= 4 is 30.3 Å². The van der Waals surface area contributed by atoms with Gasteiger partial charge < -0.3 is 14.0 Å². The number of carbonyl (C=O) groups is 1. The quantitative estimate of drug-likeness (QED) is 0.521. The average molecular weight is 343 g/mol. The molecule has 0 amide bonds.